The maximum Gasteiger partial charge on any atom is 0.332 e. The van der Waals surface area contributed by atoms with Crippen molar-refractivity contribution in [1.82, 2.24) is 10.6 Å². The van der Waals surface area contributed by atoms with E-state index in [1.54, 1.807) is 13.0 Å². The van der Waals surface area contributed by atoms with Crippen molar-refractivity contribution in [2.24, 2.45) is 11.8 Å². The van der Waals surface area contributed by atoms with Crippen LogP contribution < -0.4 is 10.6 Å². The first-order chi connectivity index (χ1) is 9.03. The van der Waals surface area contributed by atoms with Crippen molar-refractivity contribution in [3.63, 3.8) is 0 Å². The number of hydrogen-bond donors (Lipinski definition) is 2. The third-order valence-electron chi connectivity index (χ3n) is 3.95. The van der Waals surface area contributed by atoms with Gasteiger partial charge in [0.1, 0.15) is 5.54 Å². The normalized spacial score (nSPS) is 36.6. The fourth-order valence-corrected chi connectivity index (χ4v) is 2.68. The number of hydrogen-bond acceptors (Lipinski definition) is 4. The maximum atomic E-state index is 12.2. The molecular formula is C14H22N2O3. The Labute approximate surface area is 113 Å². The second-order valence-corrected chi connectivity index (χ2v) is 5.53. The Morgan fingerprint density at radius 3 is 2.79 bits per heavy atom. The lowest BCUT2D eigenvalue weighted by Crippen LogP contribution is -2.51. The molecule has 2 fully saturated rings. The van der Waals surface area contributed by atoms with E-state index in [0.29, 0.717) is 18.9 Å². The molecule has 1 aliphatic heterocycles. The quantitative estimate of drug-likeness (QED) is 0.565. The highest BCUT2D eigenvalue weighted by Crippen LogP contribution is 2.45. The van der Waals surface area contributed by atoms with Gasteiger partial charge in [-0.2, -0.15) is 0 Å². The number of ether oxygens (including phenoxy) is 1. The Balaban J connectivity index is 2.00. The van der Waals surface area contributed by atoms with Crippen molar-refractivity contribution < 1.29 is 14.3 Å². The molecule has 1 amide bonds. The molecule has 2 rings (SSSR count). The molecule has 0 radical (unpaired) electrons. The van der Waals surface area contributed by atoms with Crippen molar-refractivity contribution in [2.75, 3.05) is 13.2 Å². The van der Waals surface area contributed by atoms with Gasteiger partial charge in [0, 0.05) is 5.92 Å². The highest BCUT2D eigenvalue weighted by Gasteiger charge is 2.61. The van der Waals surface area contributed by atoms with Crippen LogP contribution in [-0.4, -0.2) is 36.6 Å². The van der Waals surface area contributed by atoms with Crippen LogP contribution in [0.25, 0.3) is 0 Å². The van der Waals surface area contributed by atoms with Gasteiger partial charge in [0.2, 0.25) is 5.91 Å². The van der Waals surface area contributed by atoms with Crippen LogP contribution in [0.4, 0.5) is 0 Å². The molecular weight excluding hydrogens is 244 g/mol. The van der Waals surface area contributed by atoms with E-state index in [9.17, 15) is 9.59 Å². The van der Waals surface area contributed by atoms with Gasteiger partial charge in [-0.1, -0.05) is 13.0 Å². The summed E-state index contributed by atoms with van der Waals surface area (Å²) in [6.07, 6.45) is 3.11. The summed E-state index contributed by atoms with van der Waals surface area (Å²) in [5.74, 6) is 0.0130. The van der Waals surface area contributed by atoms with E-state index in [-0.39, 0.29) is 23.8 Å². The molecule has 0 unspecified atom stereocenters. The fraction of sp³-hybridized carbons (Fsp3) is 0.714. The minimum Gasteiger partial charge on any atom is -0.464 e. The number of nitrogens with one attached hydrogen (secondary N) is 2. The summed E-state index contributed by atoms with van der Waals surface area (Å²) in [5, 5.41) is 6.04. The summed E-state index contributed by atoms with van der Waals surface area (Å²) in [4.78, 5) is 24.2. The van der Waals surface area contributed by atoms with E-state index >= 15 is 0 Å². The minimum atomic E-state index is -0.873. The average Bonchev–Trinajstić information content (AvgIpc) is 2.92. The van der Waals surface area contributed by atoms with Crippen molar-refractivity contribution in [3.05, 3.63) is 12.7 Å². The standard InChI is InChI=1S/C14H22N2O3/c1-4-10-7-14(10,13(18)19-5-2)16-12(17)11-6-9(3)8-15-11/h4,9-11,15H,1,5-8H2,2-3H3,(H,16,17)/t9-,10-,11+,14-/m1/s1. The van der Waals surface area contributed by atoms with E-state index in [0.717, 1.165) is 13.0 Å². The molecule has 0 aromatic rings. The highest BCUT2D eigenvalue weighted by molar-refractivity contribution is 5.93. The molecule has 106 valence electrons. The number of rotatable bonds is 5. The van der Waals surface area contributed by atoms with Crippen LogP contribution in [0.5, 0.6) is 0 Å². The minimum absolute atomic E-state index is 0.0191. The van der Waals surface area contributed by atoms with Gasteiger partial charge in [0.25, 0.3) is 0 Å². The summed E-state index contributed by atoms with van der Waals surface area (Å²) >= 11 is 0. The van der Waals surface area contributed by atoms with Gasteiger partial charge in [0.05, 0.1) is 12.6 Å². The van der Waals surface area contributed by atoms with Gasteiger partial charge in [0.15, 0.2) is 0 Å². The Kier molecular flexibility index (Phi) is 3.94. The first kappa shape index (κ1) is 14.1. The summed E-state index contributed by atoms with van der Waals surface area (Å²) in [6.45, 7) is 8.73. The van der Waals surface area contributed by atoms with Crippen LogP contribution in [0.3, 0.4) is 0 Å². The zero-order valence-corrected chi connectivity index (χ0v) is 11.6. The van der Waals surface area contributed by atoms with Crippen molar-refractivity contribution in [1.29, 1.82) is 0 Å². The van der Waals surface area contributed by atoms with Crippen LogP contribution in [0, 0.1) is 11.8 Å². The molecule has 19 heavy (non-hydrogen) atoms. The predicted octanol–water partition coefficient (Wildman–Crippen LogP) is 0.608. The van der Waals surface area contributed by atoms with Gasteiger partial charge in [-0.05, 0) is 32.2 Å². The topological polar surface area (TPSA) is 67.4 Å². The average molecular weight is 266 g/mol. The second kappa shape index (κ2) is 5.33. The SMILES string of the molecule is C=C[C@@H]1C[C@]1(NC(=O)[C@@H]1C[C@@H](C)CN1)C(=O)OCC. The lowest BCUT2D eigenvalue weighted by molar-refractivity contribution is -0.149. The molecule has 1 saturated carbocycles. The summed E-state index contributed by atoms with van der Waals surface area (Å²) in [7, 11) is 0. The number of amides is 1. The highest BCUT2D eigenvalue weighted by atomic mass is 16.5. The van der Waals surface area contributed by atoms with Gasteiger partial charge >= 0.3 is 5.97 Å². The zero-order valence-electron chi connectivity index (χ0n) is 11.6. The molecule has 1 aliphatic carbocycles. The molecule has 1 heterocycles. The Morgan fingerprint density at radius 2 is 2.32 bits per heavy atom. The van der Waals surface area contributed by atoms with Crippen LogP contribution in [-0.2, 0) is 14.3 Å². The Hall–Kier alpha value is -1.36. The van der Waals surface area contributed by atoms with Gasteiger partial charge < -0.3 is 15.4 Å². The number of esters is 1. The van der Waals surface area contributed by atoms with Crippen molar-refractivity contribution in [3.8, 4) is 0 Å². The lowest BCUT2D eigenvalue weighted by Gasteiger charge is -2.19. The Morgan fingerprint density at radius 1 is 1.58 bits per heavy atom. The van der Waals surface area contributed by atoms with Crippen LogP contribution in [0.15, 0.2) is 12.7 Å². The first-order valence-corrected chi connectivity index (χ1v) is 6.88. The van der Waals surface area contributed by atoms with Crippen LogP contribution in [0.1, 0.15) is 26.7 Å². The summed E-state index contributed by atoms with van der Waals surface area (Å²) in [6, 6.07) is -0.202. The molecule has 1 saturated heterocycles. The van der Waals surface area contributed by atoms with E-state index < -0.39 is 5.54 Å². The number of carbonyl (C=O) groups is 2. The van der Waals surface area contributed by atoms with E-state index in [1.165, 1.54) is 0 Å². The molecule has 5 nitrogen and oxygen atoms in total. The largest absolute Gasteiger partial charge is 0.464 e. The van der Waals surface area contributed by atoms with Gasteiger partial charge in [-0.15, -0.1) is 6.58 Å². The van der Waals surface area contributed by atoms with E-state index in [2.05, 4.69) is 24.1 Å². The molecule has 0 aromatic heterocycles. The summed E-state index contributed by atoms with van der Waals surface area (Å²) in [5.41, 5.74) is -0.873. The van der Waals surface area contributed by atoms with Gasteiger partial charge in [-0.25, -0.2) is 4.79 Å². The zero-order chi connectivity index (χ0) is 14.0. The van der Waals surface area contributed by atoms with Crippen LogP contribution in [0.2, 0.25) is 0 Å². The molecule has 5 heteroatoms. The molecule has 0 aromatic carbocycles. The smallest absolute Gasteiger partial charge is 0.332 e. The number of carbonyl (C=O) groups excluding carboxylic acids is 2. The molecule has 0 bridgehead atoms. The molecule has 0 spiro atoms. The molecule has 2 aliphatic rings. The second-order valence-electron chi connectivity index (χ2n) is 5.53. The van der Waals surface area contributed by atoms with Crippen molar-refractivity contribution >= 4 is 11.9 Å². The molecule has 2 N–H and O–H groups in total. The Bertz CT molecular complexity index is 396. The monoisotopic (exact) mass is 266 g/mol. The third kappa shape index (κ3) is 2.66. The summed E-state index contributed by atoms with van der Waals surface area (Å²) < 4.78 is 5.06. The fourth-order valence-electron chi connectivity index (χ4n) is 2.68. The van der Waals surface area contributed by atoms with Crippen molar-refractivity contribution in [2.45, 2.75) is 38.3 Å². The van der Waals surface area contributed by atoms with E-state index in [1.807, 2.05) is 0 Å². The lowest BCUT2D eigenvalue weighted by atomic mass is 10.1. The third-order valence-corrected chi connectivity index (χ3v) is 3.95. The predicted molar refractivity (Wildman–Crippen MR) is 71.4 cm³/mol. The van der Waals surface area contributed by atoms with Crippen LogP contribution >= 0.6 is 0 Å². The first-order valence-electron chi connectivity index (χ1n) is 6.88. The maximum absolute atomic E-state index is 12.2. The molecule has 4 atom stereocenters. The van der Waals surface area contributed by atoms with E-state index in [4.69, 9.17) is 4.74 Å². The van der Waals surface area contributed by atoms with Gasteiger partial charge in [-0.3, -0.25) is 4.79 Å².